The topological polar surface area (TPSA) is 119 Å². The summed E-state index contributed by atoms with van der Waals surface area (Å²) in [4.78, 5) is 11.4. The van der Waals surface area contributed by atoms with Crippen LogP contribution >= 0.6 is 0 Å². The van der Waals surface area contributed by atoms with Crippen LogP contribution in [0.1, 0.15) is 17.3 Å². The fourth-order valence-corrected chi connectivity index (χ4v) is 4.18. The molecule has 2 rings (SSSR count). The molecule has 0 saturated heterocycles. The Morgan fingerprint density at radius 3 is 1.88 bits per heavy atom. The summed E-state index contributed by atoms with van der Waals surface area (Å²) < 4.78 is 57.8. The Morgan fingerprint density at radius 1 is 0.885 bits per heavy atom. The molecule has 0 aliphatic rings. The Morgan fingerprint density at radius 2 is 1.38 bits per heavy atom. The average Bonchev–Trinajstić information content (AvgIpc) is 2.61. The number of hydrogen-bond acceptors (Lipinski definition) is 6. The van der Waals surface area contributed by atoms with Crippen molar-refractivity contribution in [3.63, 3.8) is 0 Å². The van der Waals surface area contributed by atoms with Crippen LogP contribution in [0.2, 0.25) is 0 Å². The van der Waals surface area contributed by atoms with Crippen molar-refractivity contribution < 1.29 is 26.4 Å². The van der Waals surface area contributed by atoms with Crippen molar-refractivity contribution in [1.82, 2.24) is 4.72 Å². The lowest BCUT2D eigenvalue weighted by Crippen LogP contribution is -2.23. The third-order valence-corrected chi connectivity index (χ3v) is 6.30. The fourth-order valence-electron chi connectivity index (χ4n) is 2.08. The van der Waals surface area contributed by atoms with Gasteiger partial charge in [0.1, 0.15) is 0 Å². The molecule has 0 fully saturated rings. The highest BCUT2D eigenvalue weighted by Gasteiger charge is 2.17. The van der Waals surface area contributed by atoms with Crippen molar-refractivity contribution >= 4 is 31.7 Å². The van der Waals surface area contributed by atoms with E-state index in [0.717, 1.165) is 0 Å². The van der Waals surface area contributed by atoms with E-state index in [1.54, 1.807) is 6.92 Å². The normalized spacial score (nSPS) is 11.8. The Kier molecular flexibility index (Phi) is 6.01. The SMILES string of the molecule is CCNS(=O)(=O)c1ccc(NS(=O)(=O)c2ccc(C(=O)OC)cc2)cc1. The number of benzene rings is 2. The Balaban J connectivity index is 2.20. The number of anilines is 1. The predicted octanol–water partition coefficient (Wildman–Crippen LogP) is 1.57. The number of esters is 1. The van der Waals surface area contributed by atoms with Gasteiger partial charge in [0.05, 0.1) is 22.5 Å². The second-order valence-electron chi connectivity index (χ2n) is 5.15. The van der Waals surface area contributed by atoms with Gasteiger partial charge in [-0.15, -0.1) is 0 Å². The van der Waals surface area contributed by atoms with Crippen molar-refractivity contribution in [1.29, 1.82) is 0 Å². The van der Waals surface area contributed by atoms with E-state index in [1.807, 2.05) is 0 Å². The van der Waals surface area contributed by atoms with Crippen LogP contribution in [0.3, 0.4) is 0 Å². The third-order valence-electron chi connectivity index (χ3n) is 3.34. The van der Waals surface area contributed by atoms with E-state index < -0.39 is 26.0 Å². The molecule has 0 spiro atoms. The zero-order valence-electron chi connectivity index (χ0n) is 14.1. The first-order valence-electron chi connectivity index (χ1n) is 7.50. The number of sulfonamides is 2. The van der Waals surface area contributed by atoms with Crippen LogP contribution in [-0.2, 0) is 24.8 Å². The molecule has 10 heteroatoms. The molecular weight excluding hydrogens is 380 g/mol. The molecule has 0 atom stereocenters. The highest BCUT2D eigenvalue weighted by Crippen LogP contribution is 2.19. The quantitative estimate of drug-likeness (QED) is 0.684. The molecule has 0 aromatic heterocycles. The second kappa shape index (κ2) is 7.85. The van der Waals surface area contributed by atoms with Crippen LogP contribution in [0, 0.1) is 0 Å². The van der Waals surface area contributed by atoms with Gasteiger partial charge in [0.15, 0.2) is 0 Å². The number of ether oxygens (including phenoxy) is 1. The number of methoxy groups -OCH3 is 1. The molecule has 0 bridgehead atoms. The molecule has 2 aromatic carbocycles. The predicted molar refractivity (Wildman–Crippen MR) is 95.9 cm³/mol. The maximum absolute atomic E-state index is 12.4. The zero-order chi connectivity index (χ0) is 19.4. The third kappa shape index (κ3) is 4.59. The molecule has 0 aliphatic carbocycles. The summed E-state index contributed by atoms with van der Waals surface area (Å²) in [5.41, 5.74) is 0.432. The maximum Gasteiger partial charge on any atom is 0.337 e. The molecule has 0 amide bonds. The smallest absolute Gasteiger partial charge is 0.337 e. The first-order chi connectivity index (χ1) is 12.2. The maximum atomic E-state index is 12.4. The molecule has 26 heavy (non-hydrogen) atoms. The zero-order valence-corrected chi connectivity index (χ0v) is 15.7. The monoisotopic (exact) mass is 398 g/mol. The van der Waals surface area contributed by atoms with Gasteiger partial charge in [-0.05, 0) is 48.5 Å². The molecule has 2 N–H and O–H groups in total. The molecule has 0 heterocycles. The number of hydrogen-bond donors (Lipinski definition) is 2. The molecule has 0 aliphatic heterocycles. The summed E-state index contributed by atoms with van der Waals surface area (Å²) in [6.07, 6.45) is 0. The minimum Gasteiger partial charge on any atom is -0.465 e. The number of nitrogens with one attached hydrogen (secondary N) is 2. The van der Waals surface area contributed by atoms with Gasteiger partial charge in [-0.3, -0.25) is 4.72 Å². The minimum absolute atomic E-state index is 0.0322. The molecule has 0 radical (unpaired) electrons. The van der Waals surface area contributed by atoms with Gasteiger partial charge < -0.3 is 4.74 Å². The van der Waals surface area contributed by atoms with Crippen LogP contribution < -0.4 is 9.44 Å². The van der Waals surface area contributed by atoms with Gasteiger partial charge in [-0.25, -0.2) is 26.4 Å². The summed E-state index contributed by atoms with van der Waals surface area (Å²) in [5, 5.41) is 0. The minimum atomic E-state index is -3.89. The van der Waals surface area contributed by atoms with Gasteiger partial charge in [-0.1, -0.05) is 6.92 Å². The highest BCUT2D eigenvalue weighted by atomic mass is 32.2. The van der Waals surface area contributed by atoms with E-state index in [1.165, 1.54) is 55.6 Å². The summed E-state index contributed by atoms with van der Waals surface area (Å²) in [6.45, 7) is 1.91. The van der Waals surface area contributed by atoms with E-state index in [9.17, 15) is 21.6 Å². The van der Waals surface area contributed by atoms with Crippen LogP contribution in [0.4, 0.5) is 5.69 Å². The first kappa shape index (κ1) is 19.9. The molecule has 140 valence electrons. The van der Waals surface area contributed by atoms with E-state index in [4.69, 9.17) is 0 Å². The summed E-state index contributed by atoms with van der Waals surface area (Å²) in [6, 6.07) is 10.5. The number of carbonyl (C=O) groups is 1. The van der Waals surface area contributed by atoms with Crippen LogP contribution in [0.15, 0.2) is 58.3 Å². The van der Waals surface area contributed by atoms with Crippen LogP contribution in [0.25, 0.3) is 0 Å². The van der Waals surface area contributed by atoms with Gasteiger partial charge in [0, 0.05) is 12.2 Å². The van der Waals surface area contributed by atoms with Gasteiger partial charge in [0.2, 0.25) is 10.0 Å². The second-order valence-corrected chi connectivity index (χ2v) is 8.60. The average molecular weight is 398 g/mol. The van der Waals surface area contributed by atoms with Crippen LogP contribution in [0.5, 0.6) is 0 Å². The molecule has 0 unspecified atom stereocenters. The van der Waals surface area contributed by atoms with E-state index >= 15 is 0 Å². The van der Waals surface area contributed by atoms with Crippen molar-refractivity contribution in [3.8, 4) is 0 Å². The lowest BCUT2D eigenvalue weighted by molar-refractivity contribution is 0.0600. The summed E-state index contributed by atoms with van der Waals surface area (Å²) in [7, 11) is -6.27. The Bertz CT molecular complexity index is 982. The van der Waals surface area contributed by atoms with E-state index in [-0.39, 0.29) is 27.6 Å². The number of carbonyl (C=O) groups excluding carboxylic acids is 1. The van der Waals surface area contributed by atoms with E-state index in [2.05, 4.69) is 14.2 Å². The Labute approximate surface area is 152 Å². The first-order valence-corrected chi connectivity index (χ1v) is 10.5. The van der Waals surface area contributed by atoms with Crippen molar-refractivity contribution in [2.75, 3.05) is 18.4 Å². The molecule has 8 nitrogen and oxygen atoms in total. The van der Waals surface area contributed by atoms with Crippen molar-refractivity contribution in [2.45, 2.75) is 16.7 Å². The summed E-state index contributed by atoms with van der Waals surface area (Å²) in [5.74, 6) is -0.570. The van der Waals surface area contributed by atoms with Crippen LogP contribution in [-0.4, -0.2) is 36.5 Å². The van der Waals surface area contributed by atoms with Gasteiger partial charge >= 0.3 is 5.97 Å². The lowest BCUT2D eigenvalue weighted by atomic mass is 10.2. The number of rotatable bonds is 7. The van der Waals surface area contributed by atoms with Gasteiger partial charge in [-0.2, -0.15) is 0 Å². The largest absolute Gasteiger partial charge is 0.465 e. The van der Waals surface area contributed by atoms with Crippen molar-refractivity contribution in [3.05, 3.63) is 54.1 Å². The lowest BCUT2D eigenvalue weighted by Gasteiger charge is -2.10. The molecule has 0 saturated carbocycles. The fraction of sp³-hybridized carbons (Fsp3) is 0.188. The Hall–Kier alpha value is -2.43. The van der Waals surface area contributed by atoms with Crippen molar-refractivity contribution in [2.24, 2.45) is 0 Å². The standard InChI is InChI=1S/C16H18N2O6S2/c1-3-17-25(20,21)14-10-6-13(7-11-14)18-26(22,23)15-8-4-12(5-9-15)16(19)24-2/h4-11,17-18H,3H2,1-2H3. The molecule has 2 aromatic rings. The molecular formula is C16H18N2O6S2. The summed E-state index contributed by atoms with van der Waals surface area (Å²) >= 11 is 0. The van der Waals surface area contributed by atoms with E-state index in [0.29, 0.717) is 0 Å². The highest BCUT2D eigenvalue weighted by molar-refractivity contribution is 7.92. The van der Waals surface area contributed by atoms with Gasteiger partial charge in [0.25, 0.3) is 10.0 Å².